The third kappa shape index (κ3) is 2.57. The van der Waals surface area contributed by atoms with Gasteiger partial charge in [-0.15, -0.1) is 0 Å². The maximum Gasteiger partial charge on any atom is 0.0931 e. The number of rotatable bonds is 4. The Kier molecular flexibility index (Phi) is 3.85. The number of likely N-dealkylation sites (N-methyl/N-ethyl adjacent to an activating group) is 1. The van der Waals surface area contributed by atoms with Gasteiger partial charge in [-0.05, 0) is 26.0 Å². The number of halogens is 1. The zero-order chi connectivity index (χ0) is 11.5. The molecule has 3 heteroatoms. The van der Waals surface area contributed by atoms with Crippen molar-refractivity contribution in [1.82, 2.24) is 4.90 Å². The smallest absolute Gasteiger partial charge is 0.0931 e. The van der Waals surface area contributed by atoms with Gasteiger partial charge in [0, 0.05) is 23.2 Å². The van der Waals surface area contributed by atoms with Crippen molar-refractivity contribution in [1.29, 1.82) is 0 Å². The molecule has 0 heterocycles. The number of hydrogen-bond donors (Lipinski definition) is 1. The van der Waals surface area contributed by atoms with Gasteiger partial charge in [0.2, 0.25) is 0 Å². The van der Waals surface area contributed by atoms with Gasteiger partial charge in [0.1, 0.15) is 0 Å². The Morgan fingerprint density at radius 3 is 2.69 bits per heavy atom. The molecule has 0 aromatic heterocycles. The molecule has 16 heavy (non-hydrogen) atoms. The minimum atomic E-state index is -0.487. The molecule has 1 atom stereocenters. The fourth-order valence-corrected chi connectivity index (χ4v) is 2.35. The molecule has 2 rings (SSSR count). The number of hydrogen-bond acceptors (Lipinski definition) is 2. The van der Waals surface area contributed by atoms with Crippen molar-refractivity contribution in [3.05, 3.63) is 34.9 Å². The van der Waals surface area contributed by atoms with Gasteiger partial charge < -0.3 is 10.0 Å². The van der Waals surface area contributed by atoms with Gasteiger partial charge in [0.15, 0.2) is 0 Å². The van der Waals surface area contributed by atoms with Crippen LogP contribution in [0, 0.1) is 0 Å². The second-order valence-corrected chi connectivity index (χ2v) is 4.97. The quantitative estimate of drug-likeness (QED) is 0.874. The van der Waals surface area contributed by atoms with Crippen molar-refractivity contribution in [2.45, 2.75) is 31.4 Å². The van der Waals surface area contributed by atoms with Crippen LogP contribution in [0.1, 0.15) is 30.9 Å². The summed E-state index contributed by atoms with van der Waals surface area (Å²) in [4.78, 5) is 2.23. The van der Waals surface area contributed by atoms with Crippen LogP contribution in [-0.4, -0.2) is 29.6 Å². The molecule has 1 aromatic carbocycles. The molecule has 0 radical (unpaired) electrons. The predicted molar refractivity (Wildman–Crippen MR) is 66.7 cm³/mol. The maximum absolute atomic E-state index is 10.1. The van der Waals surface area contributed by atoms with Crippen LogP contribution in [0.3, 0.4) is 0 Å². The topological polar surface area (TPSA) is 23.5 Å². The van der Waals surface area contributed by atoms with E-state index in [-0.39, 0.29) is 0 Å². The Hall–Kier alpha value is -0.570. The standard InChI is InChI=1S/C13H18ClNO/c1-15(10-5-4-6-10)9-13(16)11-7-2-3-8-12(11)14/h2-3,7-8,10,13,16H,4-6,9H2,1H3. The lowest BCUT2D eigenvalue weighted by Crippen LogP contribution is -2.39. The van der Waals surface area contributed by atoms with Gasteiger partial charge in [-0.1, -0.05) is 36.2 Å². The highest BCUT2D eigenvalue weighted by Crippen LogP contribution is 2.27. The van der Waals surface area contributed by atoms with Crippen LogP contribution in [0.2, 0.25) is 5.02 Å². The highest BCUT2D eigenvalue weighted by atomic mass is 35.5. The highest BCUT2D eigenvalue weighted by Gasteiger charge is 2.24. The lowest BCUT2D eigenvalue weighted by atomic mass is 9.91. The monoisotopic (exact) mass is 239 g/mol. The van der Waals surface area contributed by atoms with Crippen molar-refractivity contribution in [3.63, 3.8) is 0 Å². The van der Waals surface area contributed by atoms with Crippen molar-refractivity contribution < 1.29 is 5.11 Å². The van der Waals surface area contributed by atoms with Gasteiger partial charge in [-0.25, -0.2) is 0 Å². The van der Waals surface area contributed by atoms with Crippen molar-refractivity contribution in [2.24, 2.45) is 0 Å². The number of benzene rings is 1. The largest absolute Gasteiger partial charge is 0.387 e. The van der Waals surface area contributed by atoms with Crippen LogP contribution in [0.4, 0.5) is 0 Å². The Labute approximate surface area is 102 Å². The first-order valence-corrected chi connectivity index (χ1v) is 6.19. The van der Waals surface area contributed by atoms with Crippen LogP contribution in [0.5, 0.6) is 0 Å². The first kappa shape index (κ1) is 11.9. The highest BCUT2D eigenvalue weighted by molar-refractivity contribution is 6.31. The zero-order valence-corrected chi connectivity index (χ0v) is 10.3. The van der Waals surface area contributed by atoms with Crippen LogP contribution in [0.15, 0.2) is 24.3 Å². The van der Waals surface area contributed by atoms with Gasteiger partial charge in [-0.2, -0.15) is 0 Å². The van der Waals surface area contributed by atoms with Crippen LogP contribution < -0.4 is 0 Å². The molecule has 1 aromatic rings. The van der Waals surface area contributed by atoms with E-state index in [2.05, 4.69) is 11.9 Å². The lowest BCUT2D eigenvalue weighted by molar-refractivity contribution is 0.0777. The number of aliphatic hydroxyl groups is 1. The van der Waals surface area contributed by atoms with Crippen LogP contribution in [-0.2, 0) is 0 Å². The molecule has 0 spiro atoms. The number of aliphatic hydroxyl groups excluding tert-OH is 1. The van der Waals surface area contributed by atoms with E-state index in [4.69, 9.17) is 11.6 Å². The minimum absolute atomic E-state index is 0.487. The SMILES string of the molecule is CN(CC(O)c1ccccc1Cl)C1CCC1. The molecular weight excluding hydrogens is 222 g/mol. The van der Waals surface area contributed by atoms with Gasteiger partial charge in [0.05, 0.1) is 6.10 Å². The van der Waals surface area contributed by atoms with E-state index in [0.717, 1.165) is 5.56 Å². The van der Waals surface area contributed by atoms with Gasteiger partial charge in [-0.3, -0.25) is 0 Å². The summed E-state index contributed by atoms with van der Waals surface area (Å²) >= 11 is 6.05. The Bertz CT molecular complexity index is 352. The summed E-state index contributed by atoms with van der Waals surface area (Å²) in [5, 5.41) is 10.8. The van der Waals surface area contributed by atoms with Crippen molar-refractivity contribution in [2.75, 3.05) is 13.6 Å². The molecule has 1 saturated carbocycles. The molecule has 1 aliphatic carbocycles. The summed E-state index contributed by atoms with van der Waals surface area (Å²) in [5.41, 5.74) is 0.829. The normalized spacial score (nSPS) is 18.5. The van der Waals surface area contributed by atoms with Crippen molar-refractivity contribution in [3.8, 4) is 0 Å². The molecule has 0 amide bonds. The molecule has 1 N–H and O–H groups in total. The average molecular weight is 240 g/mol. The minimum Gasteiger partial charge on any atom is -0.387 e. The summed E-state index contributed by atoms with van der Waals surface area (Å²) in [6, 6.07) is 8.16. The Morgan fingerprint density at radius 2 is 2.12 bits per heavy atom. The lowest BCUT2D eigenvalue weighted by Gasteiger charge is -2.35. The van der Waals surface area contributed by atoms with E-state index < -0.39 is 6.10 Å². The van der Waals surface area contributed by atoms with E-state index >= 15 is 0 Å². The average Bonchev–Trinajstić information content (AvgIpc) is 2.15. The molecular formula is C13H18ClNO. The van der Waals surface area contributed by atoms with E-state index in [0.29, 0.717) is 17.6 Å². The van der Waals surface area contributed by atoms with Crippen molar-refractivity contribution >= 4 is 11.6 Å². The summed E-state index contributed by atoms with van der Waals surface area (Å²) < 4.78 is 0. The molecule has 1 fully saturated rings. The van der Waals surface area contributed by atoms with E-state index in [1.165, 1.54) is 19.3 Å². The fourth-order valence-electron chi connectivity index (χ4n) is 2.09. The summed E-state index contributed by atoms with van der Waals surface area (Å²) in [6.45, 7) is 0.661. The first-order chi connectivity index (χ1) is 7.68. The molecule has 1 aliphatic rings. The second-order valence-electron chi connectivity index (χ2n) is 4.56. The summed E-state index contributed by atoms with van der Waals surface area (Å²) in [7, 11) is 2.07. The van der Waals surface area contributed by atoms with E-state index in [9.17, 15) is 5.11 Å². The summed E-state index contributed by atoms with van der Waals surface area (Å²) in [6.07, 6.45) is 3.34. The fraction of sp³-hybridized carbons (Fsp3) is 0.538. The van der Waals surface area contributed by atoms with Gasteiger partial charge >= 0.3 is 0 Å². The predicted octanol–water partition coefficient (Wildman–Crippen LogP) is 2.86. The number of nitrogens with zero attached hydrogens (tertiary/aromatic N) is 1. The molecule has 88 valence electrons. The van der Waals surface area contributed by atoms with E-state index in [1.54, 1.807) is 0 Å². The molecule has 0 bridgehead atoms. The molecule has 1 unspecified atom stereocenters. The van der Waals surface area contributed by atoms with Crippen LogP contribution in [0.25, 0.3) is 0 Å². The van der Waals surface area contributed by atoms with E-state index in [1.807, 2.05) is 24.3 Å². The Morgan fingerprint density at radius 1 is 1.44 bits per heavy atom. The third-order valence-corrected chi connectivity index (χ3v) is 3.77. The summed E-state index contributed by atoms with van der Waals surface area (Å²) in [5.74, 6) is 0. The first-order valence-electron chi connectivity index (χ1n) is 5.81. The molecule has 0 saturated heterocycles. The maximum atomic E-state index is 10.1. The zero-order valence-electron chi connectivity index (χ0n) is 9.56. The molecule has 0 aliphatic heterocycles. The van der Waals surface area contributed by atoms with Gasteiger partial charge in [0.25, 0.3) is 0 Å². The second kappa shape index (κ2) is 5.17. The Balaban J connectivity index is 1.96. The third-order valence-electron chi connectivity index (χ3n) is 3.42. The molecule has 2 nitrogen and oxygen atoms in total. The van der Waals surface area contributed by atoms with Crippen LogP contribution >= 0.6 is 11.6 Å².